The van der Waals surface area contributed by atoms with Gasteiger partial charge in [-0.1, -0.05) is 12.1 Å². The summed E-state index contributed by atoms with van der Waals surface area (Å²) in [6.07, 6.45) is 0. The van der Waals surface area contributed by atoms with E-state index < -0.39 is 0 Å². The van der Waals surface area contributed by atoms with Gasteiger partial charge in [-0.15, -0.1) is 0 Å². The molecule has 0 unspecified atom stereocenters. The Kier molecular flexibility index (Phi) is 3.50. The first-order chi connectivity index (χ1) is 8.65. The van der Waals surface area contributed by atoms with Gasteiger partial charge in [-0.05, 0) is 35.4 Å². The second kappa shape index (κ2) is 5.08. The summed E-state index contributed by atoms with van der Waals surface area (Å²) in [5, 5.41) is 18.4. The van der Waals surface area contributed by atoms with Crippen molar-refractivity contribution in [2.24, 2.45) is 0 Å². The number of hydrogen-bond donors (Lipinski definition) is 4. The minimum atomic E-state index is -0.0957. The Morgan fingerprint density at radius 1 is 0.722 bits per heavy atom. The zero-order valence-corrected chi connectivity index (χ0v) is 9.93. The van der Waals surface area contributed by atoms with Gasteiger partial charge in [0.25, 0.3) is 0 Å². The largest absolute Gasteiger partial charge is 0.398 e. The first kappa shape index (κ1) is 12.4. The summed E-state index contributed by atoms with van der Waals surface area (Å²) < 4.78 is 0. The SMILES string of the molecule is Nc1ccc(-c2ccc(N)c(CO)c2)cc1CO. The van der Waals surface area contributed by atoms with Crippen molar-refractivity contribution in [1.29, 1.82) is 0 Å². The number of rotatable bonds is 3. The first-order valence-electron chi connectivity index (χ1n) is 5.64. The number of anilines is 2. The topological polar surface area (TPSA) is 92.5 Å². The number of nitrogen functional groups attached to an aromatic ring is 2. The van der Waals surface area contributed by atoms with Gasteiger partial charge in [0.05, 0.1) is 13.2 Å². The molecule has 2 aromatic carbocycles. The van der Waals surface area contributed by atoms with Crippen molar-refractivity contribution in [1.82, 2.24) is 0 Å². The van der Waals surface area contributed by atoms with Gasteiger partial charge in [-0.3, -0.25) is 0 Å². The number of benzene rings is 2. The molecule has 94 valence electrons. The summed E-state index contributed by atoms with van der Waals surface area (Å²) in [5.41, 5.74) is 15.9. The predicted octanol–water partition coefficient (Wildman–Crippen LogP) is 1.50. The summed E-state index contributed by atoms with van der Waals surface area (Å²) in [4.78, 5) is 0. The molecule has 0 saturated carbocycles. The molecule has 4 heteroatoms. The molecule has 6 N–H and O–H groups in total. The van der Waals surface area contributed by atoms with Crippen LogP contribution in [0.5, 0.6) is 0 Å². The van der Waals surface area contributed by atoms with Gasteiger partial charge in [-0.25, -0.2) is 0 Å². The third kappa shape index (κ3) is 2.30. The molecule has 4 nitrogen and oxygen atoms in total. The maximum Gasteiger partial charge on any atom is 0.0702 e. The van der Waals surface area contributed by atoms with E-state index in [-0.39, 0.29) is 13.2 Å². The molecule has 0 spiro atoms. The lowest BCUT2D eigenvalue weighted by molar-refractivity contribution is 0.282. The van der Waals surface area contributed by atoms with E-state index in [4.69, 9.17) is 11.5 Å². The highest BCUT2D eigenvalue weighted by Crippen LogP contribution is 2.26. The van der Waals surface area contributed by atoms with Crippen LogP contribution in [0.4, 0.5) is 11.4 Å². The predicted molar refractivity (Wildman–Crippen MR) is 72.5 cm³/mol. The normalized spacial score (nSPS) is 10.6. The van der Waals surface area contributed by atoms with Crippen molar-refractivity contribution in [2.45, 2.75) is 13.2 Å². The average Bonchev–Trinajstić information content (AvgIpc) is 2.40. The lowest BCUT2D eigenvalue weighted by Gasteiger charge is -2.09. The van der Waals surface area contributed by atoms with E-state index in [2.05, 4.69) is 0 Å². The lowest BCUT2D eigenvalue weighted by Crippen LogP contribution is -1.96. The molecule has 2 rings (SSSR count). The molecular formula is C14H16N2O2. The quantitative estimate of drug-likeness (QED) is 0.616. The highest BCUT2D eigenvalue weighted by Gasteiger charge is 2.05. The van der Waals surface area contributed by atoms with E-state index in [1.807, 2.05) is 24.3 Å². The Morgan fingerprint density at radius 2 is 1.11 bits per heavy atom. The van der Waals surface area contributed by atoms with Crippen molar-refractivity contribution in [2.75, 3.05) is 11.5 Å². The van der Waals surface area contributed by atoms with E-state index in [1.54, 1.807) is 12.1 Å². The third-order valence-corrected chi connectivity index (χ3v) is 2.96. The number of aliphatic hydroxyl groups excluding tert-OH is 2. The minimum Gasteiger partial charge on any atom is -0.398 e. The summed E-state index contributed by atoms with van der Waals surface area (Å²) >= 11 is 0. The molecule has 0 bridgehead atoms. The molecule has 0 amide bonds. The lowest BCUT2D eigenvalue weighted by atomic mass is 9.99. The molecule has 0 fully saturated rings. The molecule has 0 aromatic heterocycles. The molecule has 0 saturated heterocycles. The van der Waals surface area contributed by atoms with Gasteiger partial charge < -0.3 is 21.7 Å². The molecule has 0 aliphatic carbocycles. The molecule has 0 aliphatic heterocycles. The van der Waals surface area contributed by atoms with E-state index in [1.165, 1.54) is 0 Å². The summed E-state index contributed by atoms with van der Waals surface area (Å²) in [5.74, 6) is 0. The van der Waals surface area contributed by atoms with Crippen molar-refractivity contribution in [3.05, 3.63) is 47.5 Å². The third-order valence-electron chi connectivity index (χ3n) is 2.96. The van der Waals surface area contributed by atoms with Gasteiger partial charge in [-0.2, -0.15) is 0 Å². The van der Waals surface area contributed by atoms with Crippen LogP contribution in [0.1, 0.15) is 11.1 Å². The Balaban J connectivity index is 2.48. The monoisotopic (exact) mass is 244 g/mol. The van der Waals surface area contributed by atoms with Gasteiger partial charge in [0.1, 0.15) is 0 Å². The molecular weight excluding hydrogens is 228 g/mol. The Hall–Kier alpha value is -2.04. The number of nitrogens with two attached hydrogens (primary N) is 2. The summed E-state index contributed by atoms with van der Waals surface area (Å²) in [6.45, 7) is -0.191. The van der Waals surface area contributed by atoms with Crippen molar-refractivity contribution in [3.63, 3.8) is 0 Å². The fourth-order valence-corrected chi connectivity index (χ4v) is 1.84. The molecule has 0 aliphatic rings. The van der Waals surface area contributed by atoms with Gasteiger partial charge in [0, 0.05) is 22.5 Å². The fourth-order valence-electron chi connectivity index (χ4n) is 1.84. The molecule has 2 aromatic rings. The molecule has 0 radical (unpaired) electrons. The van der Waals surface area contributed by atoms with Crippen molar-refractivity contribution < 1.29 is 10.2 Å². The van der Waals surface area contributed by atoms with Crippen LogP contribution in [-0.2, 0) is 13.2 Å². The van der Waals surface area contributed by atoms with Gasteiger partial charge in [0.2, 0.25) is 0 Å². The maximum absolute atomic E-state index is 9.19. The van der Waals surface area contributed by atoms with Crippen molar-refractivity contribution in [3.8, 4) is 11.1 Å². The maximum atomic E-state index is 9.19. The molecule has 0 atom stereocenters. The molecule has 0 heterocycles. The minimum absolute atomic E-state index is 0.0957. The van der Waals surface area contributed by atoms with E-state index in [0.717, 1.165) is 11.1 Å². The second-order valence-electron chi connectivity index (χ2n) is 4.14. The van der Waals surface area contributed by atoms with Crippen molar-refractivity contribution >= 4 is 11.4 Å². The average molecular weight is 244 g/mol. The Morgan fingerprint density at radius 3 is 1.44 bits per heavy atom. The van der Waals surface area contributed by atoms with Crippen LogP contribution in [0.2, 0.25) is 0 Å². The zero-order chi connectivity index (χ0) is 13.1. The van der Waals surface area contributed by atoms with Crippen LogP contribution in [-0.4, -0.2) is 10.2 Å². The van der Waals surface area contributed by atoms with Crippen LogP contribution in [0.3, 0.4) is 0 Å². The Labute approximate surface area is 105 Å². The van der Waals surface area contributed by atoms with Crippen LogP contribution in [0.25, 0.3) is 11.1 Å². The zero-order valence-electron chi connectivity index (χ0n) is 9.93. The van der Waals surface area contributed by atoms with Crippen LogP contribution >= 0.6 is 0 Å². The summed E-state index contributed by atoms with van der Waals surface area (Å²) in [6, 6.07) is 10.9. The highest BCUT2D eigenvalue weighted by molar-refractivity contribution is 5.70. The standard InChI is InChI=1S/C14H16N2O2/c15-13-3-1-9(5-11(13)7-17)10-2-4-14(16)12(6-10)8-18/h1-6,17-18H,7-8,15-16H2. The number of aliphatic hydroxyl groups is 2. The Bertz CT molecular complexity index is 516. The van der Waals surface area contributed by atoms with Crippen LogP contribution in [0, 0.1) is 0 Å². The van der Waals surface area contributed by atoms with E-state index in [9.17, 15) is 10.2 Å². The van der Waals surface area contributed by atoms with E-state index >= 15 is 0 Å². The van der Waals surface area contributed by atoms with Crippen LogP contribution in [0.15, 0.2) is 36.4 Å². The van der Waals surface area contributed by atoms with E-state index in [0.29, 0.717) is 22.5 Å². The fraction of sp³-hybridized carbons (Fsp3) is 0.143. The summed E-state index contributed by atoms with van der Waals surface area (Å²) in [7, 11) is 0. The van der Waals surface area contributed by atoms with Crippen LogP contribution < -0.4 is 11.5 Å². The molecule has 18 heavy (non-hydrogen) atoms. The second-order valence-corrected chi connectivity index (χ2v) is 4.14. The highest BCUT2D eigenvalue weighted by atomic mass is 16.3. The van der Waals surface area contributed by atoms with Gasteiger partial charge in [0.15, 0.2) is 0 Å². The van der Waals surface area contributed by atoms with Gasteiger partial charge >= 0.3 is 0 Å². The number of hydrogen-bond acceptors (Lipinski definition) is 4. The smallest absolute Gasteiger partial charge is 0.0702 e. The first-order valence-corrected chi connectivity index (χ1v) is 5.64.